The normalized spacial score (nSPS) is 13.8. The molecule has 0 aliphatic rings. The lowest BCUT2D eigenvalue weighted by Gasteiger charge is -2.21. The zero-order valence-corrected chi connectivity index (χ0v) is 17.9. The van der Waals surface area contributed by atoms with Crippen LogP contribution in [0.15, 0.2) is 0 Å². The van der Waals surface area contributed by atoms with Crippen LogP contribution < -0.4 is 11.5 Å². The van der Waals surface area contributed by atoms with Gasteiger partial charge in [0.15, 0.2) is 6.29 Å². The van der Waals surface area contributed by atoms with Crippen LogP contribution in [0.5, 0.6) is 0 Å². The number of hydrogen-bond acceptors (Lipinski definition) is 4. The second-order valence-corrected chi connectivity index (χ2v) is 7.57. The Morgan fingerprint density at radius 1 is 0.692 bits per heavy atom. The molecule has 0 rings (SSSR count). The zero-order chi connectivity index (χ0) is 19.3. The summed E-state index contributed by atoms with van der Waals surface area (Å²) in [7, 11) is 0. The molecule has 0 amide bonds. The molecule has 0 aromatic carbocycles. The van der Waals surface area contributed by atoms with E-state index in [1.54, 1.807) is 0 Å². The Kier molecular flexibility index (Phi) is 21.0. The van der Waals surface area contributed by atoms with Crippen molar-refractivity contribution in [1.82, 2.24) is 0 Å². The summed E-state index contributed by atoms with van der Waals surface area (Å²) in [6.07, 6.45) is 18.9. The largest absolute Gasteiger partial charge is 0.353 e. The first kappa shape index (κ1) is 25.8. The van der Waals surface area contributed by atoms with Gasteiger partial charge >= 0.3 is 0 Å². The minimum atomic E-state index is -0.152. The van der Waals surface area contributed by atoms with Gasteiger partial charge in [0.25, 0.3) is 0 Å². The van der Waals surface area contributed by atoms with Gasteiger partial charge in [-0.2, -0.15) is 0 Å². The van der Waals surface area contributed by atoms with E-state index in [0.29, 0.717) is 13.2 Å². The fraction of sp³-hybridized carbons (Fsp3) is 1.00. The predicted octanol–water partition coefficient (Wildman–Crippen LogP) is 5.52. The average Bonchev–Trinajstić information content (AvgIpc) is 2.64. The second kappa shape index (κ2) is 21.1. The van der Waals surface area contributed by atoms with Crippen LogP contribution in [0.2, 0.25) is 0 Å². The average molecular weight is 373 g/mol. The van der Waals surface area contributed by atoms with Crippen molar-refractivity contribution in [1.29, 1.82) is 0 Å². The van der Waals surface area contributed by atoms with Crippen molar-refractivity contribution in [3.05, 3.63) is 0 Å². The molecule has 0 heterocycles. The van der Waals surface area contributed by atoms with E-state index in [9.17, 15) is 0 Å². The van der Waals surface area contributed by atoms with Crippen molar-refractivity contribution >= 4 is 0 Å². The lowest BCUT2D eigenvalue weighted by molar-refractivity contribution is -0.146. The molecule has 0 aliphatic heterocycles. The summed E-state index contributed by atoms with van der Waals surface area (Å²) in [5.41, 5.74) is 11.7. The molecule has 26 heavy (non-hydrogen) atoms. The van der Waals surface area contributed by atoms with Crippen molar-refractivity contribution in [2.75, 3.05) is 19.8 Å². The van der Waals surface area contributed by atoms with E-state index in [0.717, 1.165) is 32.3 Å². The number of unbranched alkanes of at least 4 members (excludes halogenated alkanes) is 11. The number of hydrogen-bond donors (Lipinski definition) is 2. The second-order valence-electron chi connectivity index (χ2n) is 7.57. The maximum atomic E-state index is 6.12. The van der Waals surface area contributed by atoms with Gasteiger partial charge in [0.1, 0.15) is 0 Å². The number of nitrogens with two attached hydrogens (primary N) is 2. The highest BCUT2D eigenvalue weighted by Crippen LogP contribution is 2.13. The fourth-order valence-electron chi connectivity index (χ4n) is 3.27. The SMILES string of the molecule is CCCCCCCCCCCCCCOC(CC(N)CCCN)OCC. The summed E-state index contributed by atoms with van der Waals surface area (Å²) < 4.78 is 11.6. The monoisotopic (exact) mass is 372 g/mol. The Morgan fingerprint density at radius 2 is 1.23 bits per heavy atom. The first-order valence-electron chi connectivity index (χ1n) is 11.4. The van der Waals surface area contributed by atoms with Crippen LogP contribution in [-0.4, -0.2) is 32.1 Å². The Bertz CT molecular complexity index is 265. The summed E-state index contributed by atoms with van der Waals surface area (Å²) in [6.45, 7) is 6.44. The third-order valence-electron chi connectivity index (χ3n) is 4.93. The highest BCUT2D eigenvalue weighted by atomic mass is 16.7. The Morgan fingerprint density at radius 3 is 1.73 bits per heavy atom. The predicted molar refractivity (Wildman–Crippen MR) is 113 cm³/mol. The molecule has 158 valence electrons. The maximum absolute atomic E-state index is 6.12. The van der Waals surface area contributed by atoms with Crippen molar-refractivity contribution < 1.29 is 9.47 Å². The van der Waals surface area contributed by atoms with Crippen LogP contribution in [0, 0.1) is 0 Å². The summed E-state index contributed by atoms with van der Waals surface area (Å²) in [5.74, 6) is 0. The van der Waals surface area contributed by atoms with Crippen LogP contribution in [0.3, 0.4) is 0 Å². The van der Waals surface area contributed by atoms with Gasteiger partial charge in [-0.05, 0) is 32.7 Å². The summed E-state index contributed by atoms with van der Waals surface area (Å²) in [5, 5.41) is 0. The molecule has 0 saturated carbocycles. The summed E-state index contributed by atoms with van der Waals surface area (Å²) >= 11 is 0. The third-order valence-corrected chi connectivity index (χ3v) is 4.93. The van der Waals surface area contributed by atoms with E-state index in [1.807, 2.05) is 6.92 Å². The van der Waals surface area contributed by atoms with E-state index in [1.165, 1.54) is 70.6 Å². The third kappa shape index (κ3) is 18.6. The van der Waals surface area contributed by atoms with Crippen LogP contribution in [0.25, 0.3) is 0 Å². The molecule has 0 radical (unpaired) electrons. The Balaban J connectivity index is 3.44. The van der Waals surface area contributed by atoms with E-state index >= 15 is 0 Å². The summed E-state index contributed by atoms with van der Waals surface area (Å²) in [4.78, 5) is 0. The van der Waals surface area contributed by atoms with E-state index in [2.05, 4.69) is 6.92 Å². The van der Waals surface area contributed by atoms with Gasteiger partial charge < -0.3 is 20.9 Å². The smallest absolute Gasteiger partial charge is 0.159 e. The van der Waals surface area contributed by atoms with Gasteiger partial charge in [0, 0.05) is 25.7 Å². The molecule has 0 saturated heterocycles. The van der Waals surface area contributed by atoms with Crippen molar-refractivity contribution in [2.24, 2.45) is 11.5 Å². The van der Waals surface area contributed by atoms with Gasteiger partial charge in [0.2, 0.25) is 0 Å². The minimum Gasteiger partial charge on any atom is -0.353 e. The van der Waals surface area contributed by atoms with Crippen LogP contribution in [0.1, 0.15) is 110 Å². The molecule has 0 spiro atoms. The lowest BCUT2D eigenvalue weighted by atomic mass is 10.1. The maximum Gasteiger partial charge on any atom is 0.159 e. The first-order valence-corrected chi connectivity index (χ1v) is 11.4. The molecule has 2 unspecified atom stereocenters. The topological polar surface area (TPSA) is 70.5 Å². The zero-order valence-electron chi connectivity index (χ0n) is 17.9. The molecule has 0 aromatic rings. The molecule has 4 N–H and O–H groups in total. The molecule has 2 atom stereocenters. The molecule has 4 heteroatoms. The Labute approximate surface area is 163 Å². The van der Waals surface area contributed by atoms with E-state index in [4.69, 9.17) is 20.9 Å². The molecule has 0 fully saturated rings. The quantitative estimate of drug-likeness (QED) is 0.205. The molecule has 0 bridgehead atoms. The molecule has 0 aliphatic carbocycles. The van der Waals surface area contributed by atoms with Gasteiger partial charge in [-0.15, -0.1) is 0 Å². The molecule has 0 aromatic heterocycles. The molecular formula is C22H48N2O2. The van der Waals surface area contributed by atoms with Crippen LogP contribution in [0.4, 0.5) is 0 Å². The van der Waals surface area contributed by atoms with Gasteiger partial charge in [-0.25, -0.2) is 0 Å². The van der Waals surface area contributed by atoms with Crippen LogP contribution in [-0.2, 0) is 9.47 Å². The highest BCUT2D eigenvalue weighted by Gasteiger charge is 2.13. The van der Waals surface area contributed by atoms with Gasteiger partial charge in [-0.1, -0.05) is 77.6 Å². The molecular weight excluding hydrogens is 324 g/mol. The van der Waals surface area contributed by atoms with Gasteiger partial charge in [-0.3, -0.25) is 0 Å². The summed E-state index contributed by atoms with van der Waals surface area (Å²) in [6, 6.07) is 0.122. The lowest BCUT2D eigenvalue weighted by Crippen LogP contribution is -2.30. The minimum absolute atomic E-state index is 0.122. The number of rotatable bonds is 21. The van der Waals surface area contributed by atoms with Crippen LogP contribution >= 0.6 is 0 Å². The Hall–Kier alpha value is -0.160. The first-order chi connectivity index (χ1) is 12.7. The van der Waals surface area contributed by atoms with Gasteiger partial charge in [0.05, 0.1) is 0 Å². The molecule has 4 nitrogen and oxygen atoms in total. The van der Waals surface area contributed by atoms with Crippen molar-refractivity contribution in [3.8, 4) is 0 Å². The number of ether oxygens (including phenoxy) is 2. The van der Waals surface area contributed by atoms with E-state index in [-0.39, 0.29) is 12.3 Å². The van der Waals surface area contributed by atoms with Crippen molar-refractivity contribution in [3.63, 3.8) is 0 Å². The standard InChI is InChI=1S/C22H48N2O2/c1-3-5-6-7-8-9-10-11-12-13-14-15-19-26-22(25-4-2)20-21(24)17-16-18-23/h21-22H,3-20,23-24H2,1-2H3. The van der Waals surface area contributed by atoms with E-state index < -0.39 is 0 Å². The fourth-order valence-corrected chi connectivity index (χ4v) is 3.27. The van der Waals surface area contributed by atoms with Crippen molar-refractivity contribution in [2.45, 2.75) is 122 Å². The highest BCUT2D eigenvalue weighted by molar-refractivity contribution is 4.64.